The van der Waals surface area contributed by atoms with E-state index in [0.717, 1.165) is 30.4 Å². The lowest BCUT2D eigenvalue weighted by Crippen LogP contribution is -2.61. The van der Waals surface area contributed by atoms with Crippen molar-refractivity contribution in [1.29, 1.82) is 0 Å². The Morgan fingerprint density at radius 3 is 2.30 bits per heavy atom. The second kappa shape index (κ2) is 18.3. The fourth-order valence-corrected chi connectivity index (χ4v) is 9.77. The lowest BCUT2D eigenvalue weighted by molar-refractivity contribution is -0.259. The van der Waals surface area contributed by atoms with Crippen molar-refractivity contribution in [3.05, 3.63) is 24.3 Å². The molecule has 6 saturated heterocycles. The van der Waals surface area contributed by atoms with Crippen LogP contribution in [0.15, 0.2) is 24.3 Å². The second-order valence-electron chi connectivity index (χ2n) is 16.9. The van der Waals surface area contributed by atoms with Gasteiger partial charge in [-0.25, -0.2) is 0 Å². The maximum atomic E-state index is 13.3. The summed E-state index contributed by atoms with van der Waals surface area (Å²) in [6.07, 6.45) is -2.27. The molecule has 0 amide bonds. The molecule has 0 bridgehead atoms. The van der Waals surface area contributed by atoms with E-state index >= 15 is 0 Å². The van der Waals surface area contributed by atoms with Gasteiger partial charge in [0, 0.05) is 45.1 Å². The van der Waals surface area contributed by atoms with Gasteiger partial charge in [0.15, 0.2) is 0 Å². The Kier molecular flexibility index (Phi) is 14.2. The van der Waals surface area contributed by atoms with Crippen molar-refractivity contribution in [2.45, 2.75) is 195 Å². The van der Waals surface area contributed by atoms with Gasteiger partial charge in [0.2, 0.25) is 0 Å². The summed E-state index contributed by atoms with van der Waals surface area (Å²) in [7, 11) is 1.55. The average Bonchev–Trinajstić information content (AvgIpc) is 3.76. The number of methoxy groups -OCH3 is 1. The molecule has 4 N–H and O–H groups in total. The van der Waals surface area contributed by atoms with E-state index in [1.165, 1.54) is 0 Å². The first-order chi connectivity index (χ1) is 25.8. The minimum atomic E-state index is -1.10. The van der Waals surface area contributed by atoms with Gasteiger partial charge in [-0.2, -0.15) is 0 Å². The van der Waals surface area contributed by atoms with Crippen LogP contribution >= 0.6 is 0 Å². The second-order valence-corrected chi connectivity index (χ2v) is 16.9. The summed E-state index contributed by atoms with van der Waals surface area (Å²) in [4.78, 5) is 26.4. The summed E-state index contributed by atoms with van der Waals surface area (Å²) in [5.41, 5.74) is 2.20. The molecule has 6 rings (SSSR count). The summed E-state index contributed by atoms with van der Waals surface area (Å²) in [6, 6.07) is 0. The van der Waals surface area contributed by atoms with E-state index in [0.29, 0.717) is 31.6 Å². The van der Waals surface area contributed by atoms with Gasteiger partial charge in [-0.15, -0.1) is 0 Å². The zero-order valence-corrected chi connectivity index (χ0v) is 32.5. The quantitative estimate of drug-likeness (QED) is 0.169. The van der Waals surface area contributed by atoms with Crippen molar-refractivity contribution in [3.8, 4) is 0 Å². The van der Waals surface area contributed by atoms with Crippen molar-refractivity contribution >= 4 is 11.6 Å². The molecule has 6 aliphatic rings. The van der Waals surface area contributed by atoms with Gasteiger partial charge in [-0.05, 0) is 75.9 Å². The monoisotopic (exact) mass is 764 g/mol. The largest absolute Gasteiger partial charge is 0.394 e. The van der Waals surface area contributed by atoms with Crippen LogP contribution in [-0.4, -0.2) is 143 Å². The van der Waals surface area contributed by atoms with E-state index in [1.807, 2.05) is 6.92 Å². The summed E-state index contributed by atoms with van der Waals surface area (Å²) < 4.78 is 42.7. The minimum Gasteiger partial charge on any atom is -0.394 e. The third-order valence-corrected chi connectivity index (χ3v) is 12.9. The Labute approximate surface area is 319 Å². The van der Waals surface area contributed by atoms with Crippen LogP contribution in [0.25, 0.3) is 0 Å². The molecule has 0 aromatic rings. The summed E-state index contributed by atoms with van der Waals surface area (Å²) in [6.45, 7) is 14.2. The Bertz CT molecular complexity index is 1310. The number of fused-ring (bicyclic) bond motifs is 2. The van der Waals surface area contributed by atoms with E-state index in [4.69, 9.17) is 33.2 Å². The molecule has 54 heavy (non-hydrogen) atoms. The molecule has 6 heterocycles. The summed E-state index contributed by atoms with van der Waals surface area (Å²) in [5.74, 6) is 0.153. The molecular weight excluding hydrogens is 700 g/mol. The lowest BCUT2D eigenvalue weighted by atomic mass is 9.86. The van der Waals surface area contributed by atoms with Gasteiger partial charge in [0.1, 0.15) is 42.1 Å². The molecule has 0 aromatic carbocycles. The van der Waals surface area contributed by atoms with Crippen LogP contribution in [0.1, 0.15) is 97.8 Å². The van der Waals surface area contributed by atoms with Gasteiger partial charge in [0.25, 0.3) is 0 Å². The molecule has 0 aliphatic carbocycles. The highest BCUT2D eigenvalue weighted by atomic mass is 16.6. The molecule has 0 aromatic heterocycles. The number of carbonyl (C=O) groups is 2. The zero-order chi connectivity index (χ0) is 38.8. The third-order valence-electron chi connectivity index (χ3n) is 12.9. The summed E-state index contributed by atoms with van der Waals surface area (Å²) in [5, 5.41) is 41.7. The molecule has 0 saturated carbocycles. The van der Waals surface area contributed by atoms with Gasteiger partial charge < -0.3 is 53.6 Å². The first kappa shape index (κ1) is 42.0. The third kappa shape index (κ3) is 9.56. The number of Topliss-reactive ketones (excluding diaryl/α,β-unsaturated/α-hetero) is 2. The highest BCUT2D eigenvalue weighted by Gasteiger charge is 2.57. The van der Waals surface area contributed by atoms with Crippen LogP contribution in [0.4, 0.5) is 0 Å². The average molecular weight is 765 g/mol. The lowest BCUT2D eigenvalue weighted by Gasteiger charge is -2.46. The first-order valence-corrected chi connectivity index (χ1v) is 20.3. The van der Waals surface area contributed by atoms with E-state index in [2.05, 4.69) is 27.0 Å². The standard InChI is InChI=1S/C41H64O13/c1-20-13-28(49-23(4)22(20)3)9-11-32-21(2)14-29(51-32)8-7-25(43)17-34-36(46)40-41(54-34)37(47)39-33(53-40)12-10-30(52-39)15-26(44)16-31-24(5)50-35(38(31)48-6)18-27(45)19-42/h20,23-24,27-42,45-47H,2-3,7-19H2,1,4-6H3/t20-,23-,24+,27+,28+,29+,30-,31+,32+,33+,34?,35-,36+,37+,38-,39+,40?,41+/m1/s1. The molecule has 0 radical (unpaired) electrons. The number of ether oxygens (including phenoxy) is 7. The molecule has 6 aliphatic heterocycles. The first-order valence-electron chi connectivity index (χ1n) is 20.3. The van der Waals surface area contributed by atoms with Crippen LogP contribution < -0.4 is 0 Å². The molecule has 306 valence electrons. The minimum absolute atomic E-state index is 0.000921. The van der Waals surface area contributed by atoms with Gasteiger partial charge in [-0.3, -0.25) is 9.59 Å². The summed E-state index contributed by atoms with van der Waals surface area (Å²) >= 11 is 0. The van der Waals surface area contributed by atoms with E-state index in [-0.39, 0.29) is 86.7 Å². The van der Waals surface area contributed by atoms with E-state index in [1.54, 1.807) is 7.11 Å². The van der Waals surface area contributed by atoms with E-state index < -0.39 is 67.1 Å². The topological polar surface area (TPSA) is 180 Å². The highest BCUT2D eigenvalue weighted by Crippen LogP contribution is 2.41. The number of hydrogen-bond acceptors (Lipinski definition) is 13. The number of carbonyl (C=O) groups excluding carboxylic acids is 2. The van der Waals surface area contributed by atoms with Gasteiger partial charge >= 0.3 is 0 Å². The molecule has 0 spiro atoms. The van der Waals surface area contributed by atoms with Crippen LogP contribution in [-0.2, 0) is 42.7 Å². The fourth-order valence-electron chi connectivity index (χ4n) is 9.77. The number of hydrogen-bond donors (Lipinski definition) is 4. The molecule has 18 atom stereocenters. The van der Waals surface area contributed by atoms with Crippen LogP contribution in [0.3, 0.4) is 0 Å². The fraction of sp³-hybridized carbons (Fsp3) is 0.854. The number of ketones is 2. The van der Waals surface area contributed by atoms with E-state index in [9.17, 15) is 30.0 Å². The maximum Gasteiger partial charge on any atom is 0.135 e. The highest BCUT2D eigenvalue weighted by molar-refractivity contribution is 5.79. The number of rotatable bonds is 16. The molecular formula is C41H64O13. The van der Waals surface area contributed by atoms with Crippen molar-refractivity contribution in [3.63, 3.8) is 0 Å². The van der Waals surface area contributed by atoms with Gasteiger partial charge in [-0.1, -0.05) is 20.1 Å². The predicted molar refractivity (Wildman–Crippen MR) is 196 cm³/mol. The van der Waals surface area contributed by atoms with Crippen LogP contribution in [0.2, 0.25) is 0 Å². The Balaban J connectivity index is 0.928. The number of aliphatic hydroxyl groups is 4. The SMILES string of the molecule is C=C1C[C@H](CCC(=O)CC2O[C@@H]3C(O[C@H]4CC[C@H](CC(=O)C[C@@H]5[C@@H](OC)[C@@H](C[C@H](O)CO)O[C@H]5C)O[C@@H]4[C@@H]3O)[C@H]2O)O[C@H]1CC[C@H]1C[C@@H](C)C(=C)[C@@H](C)O1. The molecule has 13 nitrogen and oxygen atoms in total. The van der Waals surface area contributed by atoms with Crippen molar-refractivity contribution in [1.82, 2.24) is 0 Å². The molecule has 13 heteroatoms. The molecule has 6 fully saturated rings. The zero-order valence-electron chi connectivity index (χ0n) is 32.5. The Morgan fingerprint density at radius 2 is 1.57 bits per heavy atom. The van der Waals surface area contributed by atoms with Crippen LogP contribution in [0.5, 0.6) is 0 Å². The predicted octanol–water partition coefficient (Wildman–Crippen LogP) is 2.90. The Hall–Kier alpha value is -1.62. The maximum absolute atomic E-state index is 13.3. The number of aliphatic hydroxyl groups excluding tert-OH is 4. The van der Waals surface area contributed by atoms with Crippen molar-refractivity contribution in [2.75, 3.05) is 13.7 Å². The normalized spacial score (nSPS) is 44.3. The smallest absolute Gasteiger partial charge is 0.135 e. The van der Waals surface area contributed by atoms with Crippen molar-refractivity contribution in [2.24, 2.45) is 11.8 Å². The van der Waals surface area contributed by atoms with Gasteiger partial charge in [0.05, 0.1) is 73.8 Å². The van der Waals surface area contributed by atoms with Crippen molar-refractivity contribution < 1.29 is 63.2 Å². The molecule has 2 unspecified atom stereocenters. The Morgan fingerprint density at radius 1 is 0.815 bits per heavy atom. The van der Waals surface area contributed by atoms with Crippen LogP contribution in [0, 0.1) is 11.8 Å².